The Morgan fingerprint density at radius 2 is 2.04 bits per heavy atom. The van der Waals surface area contributed by atoms with Crippen LogP contribution < -0.4 is 5.32 Å². The Hall–Kier alpha value is -1.63. The van der Waals surface area contributed by atoms with E-state index in [1.54, 1.807) is 31.2 Å². The number of furan rings is 1. The van der Waals surface area contributed by atoms with Gasteiger partial charge in [-0.3, -0.25) is 4.79 Å². The molecule has 134 valence electrons. The van der Waals surface area contributed by atoms with Gasteiger partial charge in [-0.1, -0.05) is 29.3 Å². The Morgan fingerprint density at radius 3 is 2.72 bits per heavy atom. The fourth-order valence-electron chi connectivity index (χ4n) is 2.08. The molecule has 0 aliphatic carbocycles. The molecule has 5 nitrogen and oxygen atoms in total. The van der Waals surface area contributed by atoms with Crippen LogP contribution in [-0.2, 0) is 21.8 Å². The predicted octanol–water partition coefficient (Wildman–Crippen LogP) is 4.23. The van der Waals surface area contributed by atoms with Crippen LogP contribution in [-0.4, -0.2) is 24.7 Å². The third-order valence-corrected chi connectivity index (χ3v) is 4.88. The molecule has 0 aliphatic heterocycles. The number of halogens is 2. The molecule has 1 N–H and O–H groups in total. The maximum Gasteiger partial charge on any atom is 0.341 e. The number of aryl methyl sites for hydroxylation is 1. The number of methoxy groups -OCH3 is 1. The highest BCUT2D eigenvalue weighted by molar-refractivity contribution is 7.99. The van der Waals surface area contributed by atoms with Crippen LogP contribution in [0.3, 0.4) is 0 Å². The van der Waals surface area contributed by atoms with Gasteiger partial charge in [-0.2, -0.15) is 0 Å². The summed E-state index contributed by atoms with van der Waals surface area (Å²) in [6, 6.07) is 6.77. The van der Waals surface area contributed by atoms with Crippen LogP contribution in [0.25, 0.3) is 0 Å². The minimum Gasteiger partial charge on any atom is -0.465 e. The van der Waals surface area contributed by atoms with Gasteiger partial charge in [0.05, 0.1) is 18.6 Å². The summed E-state index contributed by atoms with van der Waals surface area (Å²) in [6.07, 6.45) is 0. The van der Waals surface area contributed by atoms with E-state index >= 15 is 0 Å². The minimum absolute atomic E-state index is 0.118. The third kappa shape index (κ3) is 5.70. The molecule has 0 saturated carbocycles. The molecule has 1 aromatic heterocycles. The van der Waals surface area contributed by atoms with E-state index in [1.165, 1.54) is 18.9 Å². The van der Waals surface area contributed by atoms with Crippen molar-refractivity contribution in [2.24, 2.45) is 0 Å². The van der Waals surface area contributed by atoms with Gasteiger partial charge in [-0.15, -0.1) is 11.8 Å². The molecule has 0 unspecified atom stereocenters. The van der Waals surface area contributed by atoms with Gasteiger partial charge in [0.15, 0.2) is 0 Å². The van der Waals surface area contributed by atoms with Crippen LogP contribution in [0.1, 0.15) is 27.4 Å². The number of benzene rings is 1. The minimum atomic E-state index is -0.435. The molecular weight excluding hydrogens is 385 g/mol. The van der Waals surface area contributed by atoms with E-state index in [2.05, 4.69) is 10.1 Å². The van der Waals surface area contributed by atoms with Crippen LogP contribution in [0, 0.1) is 6.92 Å². The van der Waals surface area contributed by atoms with Gasteiger partial charge in [0.2, 0.25) is 5.91 Å². The first kappa shape index (κ1) is 19.7. The topological polar surface area (TPSA) is 68.5 Å². The number of carbonyl (C=O) groups is 2. The quantitative estimate of drug-likeness (QED) is 0.702. The van der Waals surface area contributed by atoms with Crippen molar-refractivity contribution in [3.63, 3.8) is 0 Å². The molecule has 0 aliphatic rings. The van der Waals surface area contributed by atoms with E-state index in [0.717, 1.165) is 5.56 Å². The number of thioether (sulfide) groups is 1. The molecule has 1 aromatic carbocycles. The summed E-state index contributed by atoms with van der Waals surface area (Å²) in [5.74, 6) is 1.31. The lowest BCUT2D eigenvalue weighted by atomic mass is 10.2. The molecule has 2 rings (SSSR count). The molecule has 1 amide bonds. The van der Waals surface area contributed by atoms with Gasteiger partial charge in [0.1, 0.15) is 17.1 Å². The second kappa shape index (κ2) is 9.17. The molecule has 0 fully saturated rings. The molecule has 1 heterocycles. The average molecular weight is 402 g/mol. The fraction of sp³-hybridized carbons (Fsp3) is 0.294. The number of amides is 1. The lowest BCUT2D eigenvalue weighted by molar-refractivity contribution is -0.118. The highest BCUT2D eigenvalue weighted by atomic mass is 35.5. The standard InChI is InChI=1S/C17H17Cl2NO4S/c1-10-14(17(22)23-2)6-13(24-10)8-25-9-16(21)20-7-11-3-4-12(18)5-15(11)19/h3-6H,7-9H2,1-2H3,(H,20,21). The van der Waals surface area contributed by atoms with E-state index in [4.69, 9.17) is 27.6 Å². The molecule has 0 saturated heterocycles. The van der Waals surface area contributed by atoms with E-state index < -0.39 is 5.97 Å². The van der Waals surface area contributed by atoms with Crippen molar-refractivity contribution in [2.75, 3.05) is 12.9 Å². The van der Waals surface area contributed by atoms with Gasteiger partial charge in [-0.05, 0) is 30.7 Å². The number of hydrogen-bond donors (Lipinski definition) is 1. The van der Waals surface area contributed by atoms with Crippen LogP contribution in [0.5, 0.6) is 0 Å². The zero-order valence-corrected chi connectivity index (χ0v) is 16.1. The summed E-state index contributed by atoms with van der Waals surface area (Å²) in [4.78, 5) is 23.4. The zero-order valence-electron chi connectivity index (χ0n) is 13.7. The van der Waals surface area contributed by atoms with Crippen molar-refractivity contribution in [3.8, 4) is 0 Å². The van der Waals surface area contributed by atoms with Crippen molar-refractivity contribution in [1.29, 1.82) is 0 Å². The van der Waals surface area contributed by atoms with Crippen LogP contribution in [0.2, 0.25) is 10.0 Å². The van der Waals surface area contributed by atoms with Gasteiger partial charge < -0.3 is 14.5 Å². The predicted molar refractivity (Wildman–Crippen MR) is 99.3 cm³/mol. The number of hydrogen-bond acceptors (Lipinski definition) is 5. The normalized spacial score (nSPS) is 10.6. The molecule has 0 bridgehead atoms. The first-order valence-electron chi connectivity index (χ1n) is 7.36. The van der Waals surface area contributed by atoms with E-state index in [0.29, 0.717) is 39.4 Å². The molecule has 0 radical (unpaired) electrons. The van der Waals surface area contributed by atoms with Crippen LogP contribution in [0.15, 0.2) is 28.7 Å². The first-order chi connectivity index (χ1) is 11.9. The monoisotopic (exact) mass is 401 g/mol. The summed E-state index contributed by atoms with van der Waals surface area (Å²) in [5, 5.41) is 3.86. The zero-order chi connectivity index (χ0) is 18.4. The molecule has 2 aromatic rings. The van der Waals surface area contributed by atoms with Crippen molar-refractivity contribution >= 4 is 46.8 Å². The van der Waals surface area contributed by atoms with Gasteiger partial charge >= 0.3 is 5.97 Å². The summed E-state index contributed by atoms with van der Waals surface area (Å²) >= 11 is 13.3. The number of rotatable bonds is 7. The van der Waals surface area contributed by atoms with Gasteiger partial charge in [0, 0.05) is 16.6 Å². The fourth-order valence-corrected chi connectivity index (χ4v) is 3.29. The SMILES string of the molecule is COC(=O)c1cc(CSCC(=O)NCc2ccc(Cl)cc2Cl)oc1C. The number of carbonyl (C=O) groups excluding carboxylic acids is 2. The lowest BCUT2D eigenvalue weighted by Crippen LogP contribution is -2.24. The Bertz CT molecular complexity index is 776. The second-order valence-electron chi connectivity index (χ2n) is 5.18. The first-order valence-corrected chi connectivity index (χ1v) is 9.27. The van der Waals surface area contributed by atoms with Crippen LogP contribution >= 0.6 is 35.0 Å². The molecule has 25 heavy (non-hydrogen) atoms. The molecule has 0 spiro atoms. The van der Waals surface area contributed by atoms with Gasteiger partial charge in [-0.25, -0.2) is 4.79 Å². The largest absolute Gasteiger partial charge is 0.465 e. The van der Waals surface area contributed by atoms with Crippen molar-refractivity contribution < 1.29 is 18.7 Å². The van der Waals surface area contributed by atoms with Crippen molar-refractivity contribution in [3.05, 3.63) is 57.0 Å². The highest BCUT2D eigenvalue weighted by Crippen LogP contribution is 2.22. The Balaban J connectivity index is 1.78. The molecule has 8 heteroatoms. The number of ether oxygens (including phenoxy) is 1. The third-order valence-electron chi connectivity index (χ3n) is 3.34. The summed E-state index contributed by atoms with van der Waals surface area (Å²) in [7, 11) is 1.32. The highest BCUT2D eigenvalue weighted by Gasteiger charge is 2.15. The Kier molecular flexibility index (Phi) is 7.23. The number of nitrogens with one attached hydrogen (secondary N) is 1. The summed E-state index contributed by atoms with van der Waals surface area (Å²) < 4.78 is 10.2. The van der Waals surface area contributed by atoms with Gasteiger partial charge in [0.25, 0.3) is 0 Å². The molecule has 0 atom stereocenters. The number of esters is 1. The smallest absolute Gasteiger partial charge is 0.341 e. The summed E-state index contributed by atoms with van der Waals surface area (Å²) in [6.45, 7) is 2.03. The second-order valence-corrected chi connectivity index (χ2v) is 7.01. The summed E-state index contributed by atoms with van der Waals surface area (Å²) in [5.41, 5.74) is 1.20. The maximum absolute atomic E-state index is 11.9. The maximum atomic E-state index is 11.9. The van der Waals surface area contributed by atoms with Crippen molar-refractivity contribution in [1.82, 2.24) is 5.32 Å². The lowest BCUT2D eigenvalue weighted by Gasteiger charge is -2.07. The van der Waals surface area contributed by atoms with Crippen molar-refractivity contribution in [2.45, 2.75) is 19.2 Å². The van der Waals surface area contributed by atoms with E-state index in [-0.39, 0.29) is 11.7 Å². The van der Waals surface area contributed by atoms with E-state index in [1.807, 2.05) is 0 Å². The van der Waals surface area contributed by atoms with Crippen LogP contribution in [0.4, 0.5) is 0 Å². The van der Waals surface area contributed by atoms with E-state index in [9.17, 15) is 9.59 Å². The Morgan fingerprint density at radius 1 is 1.28 bits per heavy atom. The average Bonchev–Trinajstić information content (AvgIpc) is 2.94. The molecular formula is C17H17Cl2NO4S. The Labute approximate surface area is 160 Å².